The first kappa shape index (κ1) is 21.6. The molecule has 2 aromatic heterocycles. The average molecular weight is 438 g/mol. The lowest BCUT2D eigenvalue weighted by Crippen LogP contribution is -2.50. The summed E-state index contributed by atoms with van der Waals surface area (Å²) in [5.74, 6) is -0.117. The molecule has 1 fully saturated rings. The van der Waals surface area contributed by atoms with Crippen LogP contribution in [-0.4, -0.2) is 57.3 Å². The average Bonchev–Trinajstić information content (AvgIpc) is 3.35. The van der Waals surface area contributed by atoms with Gasteiger partial charge in [0.15, 0.2) is 5.76 Å². The van der Waals surface area contributed by atoms with Gasteiger partial charge in [-0.05, 0) is 36.8 Å². The van der Waals surface area contributed by atoms with Crippen LogP contribution in [0.2, 0.25) is 0 Å². The zero-order chi connectivity index (χ0) is 22.7. The minimum absolute atomic E-state index is 0.194. The maximum Gasteiger partial charge on any atom is 0.328 e. The third kappa shape index (κ3) is 4.23. The summed E-state index contributed by atoms with van der Waals surface area (Å²) in [7, 11) is 0. The van der Waals surface area contributed by atoms with Gasteiger partial charge >= 0.3 is 5.69 Å². The number of rotatable bonds is 6. The molecule has 168 valence electrons. The Hall–Kier alpha value is -3.62. The normalized spacial score (nSPS) is 14.2. The minimum atomic E-state index is -0.465. The predicted octanol–water partition coefficient (Wildman–Crippen LogP) is 2.07. The summed E-state index contributed by atoms with van der Waals surface area (Å²) >= 11 is 0. The maximum atomic E-state index is 13.0. The van der Waals surface area contributed by atoms with E-state index in [0.29, 0.717) is 49.2 Å². The molecule has 3 aromatic rings. The van der Waals surface area contributed by atoms with Crippen molar-refractivity contribution in [2.24, 2.45) is 0 Å². The van der Waals surface area contributed by atoms with Gasteiger partial charge in [0.05, 0.1) is 17.2 Å². The van der Waals surface area contributed by atoms with Gasteiger partial charge in [-0.2, -0.15) is 0 Å². The number of nitrogens with zero attached hydrogens (tertiary/aromatic N) is 3. The van der Waals surface area contributed by atoms with Crippen molar-refractivity contribution in [2.45, 2.75) is 32.7 Å². The van der Waals surface area contributed by atoms with E-state index in [-0.39, 0.29) is 23.1 Å². The van der Waals surface area contributed by atoms with Gasteiger partial charge in [-0.25, -0.2) is 4.79 Å². The molecule has 9 heteroatoms. The van der Waals surface area contributed by atoms with E-state index in [0.717, 1.165) is 19.3 Å². The predicted molar refractivity (Wildman–Crippen MR) is 119 cm³/mol. The van der Waals surface area contributed by atoms with Crippen LogP contribution in [-0.2, 0) is 6.54 Å². The molecule has 9 nitrogen and oxygen atoms in total. The van der Waals surface area contributed by atoms with E-state index >= 15 is 0 Å². The summed E-state index contributed by atoms with van der Waals surface area (Å²) < 4.78 is 6.38. The number of benzene rings is 1. The van der Waals surface area contributed by atoms with Gasteiger partial charge < -0.3 is 19.2 Å². The van der Waals surface area contributed by atoms with Gasteiger partial charge in [-0.15, -0.1) is 0 Å². The monoisotopic (exact) mass is 438 g/mol. The lowest BCUT2D eigenvalue weighted by Gasteiger charge is -2.34. The van der Waals surface area contributed by atoms with E-state index in [1.54, 1.807) is 40.1 Å². The van der Waals surface area contributed by atoms with Gasteiger partial charge in [0.1, 0.15) is 0 Å². The largest absolute Gasteiger partial charge is 0.459 e. The summed E-state index contributed by atoms with van der Waals surface area (Å²) in [4.78, 5) is 56.6. The Morgan fingerprint density at radius 2 is 1.72 bits per heavy atom. The van der Waals surface area contributed by atoms with Crippen LogP contribution in [0.15, 0.2) is 50.6 Å². The fourth-order valence-corrected chi connectivity index (χ4v) is 3.96. The molecule has 4 rings (SSSR count). The number of carbonyl (C=O) groups excluding carboxylic acids is 2. The lowest BCUT2D eigenvalue weighted by molar-refractivity contribution is 0.0518. The Morgan fingerprint density at radius 3 is 2.38 bits per heavy atom. The first-order valence-corrected chi connectivity index (χ1v) is 10.9. The molecule has 0 aliphatic carbocycles. The van der Waals surface area contributed by atoms with Crippen LogP contribution >= 0.6 is 0 Å². The van der Waals surface area contributed by atoms with Crippen LogP contribution in [0.5, 0.6) is 0 Å². The van der Waals surface area contributed by atoms with E-state index in [9.17, 15) is 19.2 Å². The molecule has 0 atom stereocenters. The molecule has 0 saturated carbocycles. The van der Waals surface area contributed by atoms with Crippen LogP contribution in [0.25, 0.3) is 10.9 Å². The number of nitrogens with one attached hydrogen (secondary N) is 1. The van der Waals surface area contributed by atoms with E-state index < -0.39 is 5.69 Å². The van der Waals surface area contributed by atoms with Gasteiger partial charge in [0, 0.05) is 38.3 Å². The molecular weight excluding hydrogens is 412 g/mol. The van der Waals surface area contributed by atoms with Crippen molar-refractivity contribution in [3.05, 3.63) is 68.8 Å². The Morgan fingerprint density at radius 1 is 1.00 bits per heavy atom. The smallest absolute Gasteiger partial charge is 0.328 e. The van der Waals surface area contributed by atoms with Crippen molar-refractivity contribution in [3.8, 4) is 0 Å². The number of H-pyrrole nitrogens is 1. The first-order valence-electron chi connectivity index (χ1n) is 10.9. The van der Waals surface area contributed by atoms with Crippen molar-refractivity contribution in [1.29, 1.82) is 0 Å². The number of fused-ring (bicyclic) bond motifs is 1. The number of aromatic amines is 1. The van der Waals surface area contributed by atoms with Crippen LogP contribution in [0.3, 0.4) is 0 Å². The molecule has 1 saturated heterocycles. The number of aromatic nitrogens is 2. The first-order chi connectivity index (χ1) is 15.5. The number of amides is 2. The summed E-state index contributed by atoms with van der Waals surface area (Å²) in [6.07, 6.45) is 4.15. The second-order valence-electron chi connectivity index (χ2n) is 7.92. The van der Waals surface area contributed by atoms with Crippen molar-refractivity contribution >= 4 is 22.7 Å². The minimum Gasteiger partial charge on any atom is -0.459 e. The van der Waals surface area contributed by atoms with E-state index in [4.69, 9.17) is 4.42 Å². The third-order valence-corrected chi connectivity index (χ3v) is 5.80. The summed E-state index contributed by atoms with van der Waals surface area (Å²) in [5, 5.41) is 0.381. The topological polar surface area (TPSA) is 109 Å². The zero-order valence-corrected chi connectivity index (χ0v) is 18.0. The maximum absolute atomic E-state index is 13.0. The molecule has 1 N–H and O–H groups in total. The summed E-state index contributed by atoms with van der Waals surface area (Å²) in [6, 6.07) is 8.04. The molecule has 0 bridgehead atoms. The fourth-order valence-electron chi connectivity index (χ4n) is 3.96. The van der Waals surface area contributed by atoms with Crippen LogP contribution in [0.1, 0.15) is 47.1 Å². The molecule has 1 aromatic carbocycles. The van der Waals surface area contributed by atoms with E-state index in [1.165, 1.54) is 10.8 Å². The van der Waals surface area contributed by atoms with Gasteiger partial charge in [-0.1, -0.05) is 19.8 Å². The Labute approximate surface area is 184 Å². The quantitative estimate of drug-likeness (QED) is 0.593. The molecule has 32 heavy (non-hydrogen) atoms. The Balaban J connectivity index is 1.48. The van der Waals surface area contributed by atoms with Crippen molar-refractivity contribution in [1.82, 2.24) is 19.4 Å². The summed E-state index contributed by atoms with van der Waals surface area (Å²) in [5.41, 5.74) is -0.0662. The summed E-state index contributed by atoms with van der Waals surface area (Å²) in [6.45, 7) is 4.01. The standard InChI is InChI=1S/C23H26N4O5/c1-2-3-4-9-27-21(29)17-8-7-16(15-18(17)24-23(27)31)20(28)25-10-12-26(13-11-25)22(30)19-6-5-14-32-19/h5-8,14-15H,2-4,9-13H2,1H3,(H,24,31). The number of furan rings is 1. The second-order valence-corrected chi connectivity index (χ2v) is 7.92. The van der Waals surface area contributed by atoms with Crippen molar-refractivity contribution in [2.75, 3.05) is 26.2 Å². The van der Waals surface area contributed by atoms with Crippen LogP contribution in [0.4, 0.5) is 0 Å². The highest BCUT2D eigenvalue weighted by atomic mass is 16.3. The number of hydrogen-bond donors (Lipinski definition) is 1. The molecule has 0 spiro atoms. The van der Waals surface area contributed by atoms with Gasteiger partial charge in [-0.3, -0.25) is 19.0 Å². The zero-order valence-electron chi connectivity index (χ0n) is 18.0. The molecular formula is C23H26N4O5. The van der Waals surface area contributed by atoms with Gasteiger partial charge in [0.2, 0.25) is 0 Å². The Bertz CT molecular complexity index is 1230. The lowest BCUT2D eigenvalue weighted by atomic mass is 10.1. The molecule has 0 radical (unpaired) electrons. The highest BCUT2D eigenvalue weighted by Gasteiger charge is 2.26. The van der Waals surface area contributed by atoms with Crippen molar-refractivity contribution in [3.63, 3.8) is 0 Å². The van der Waals surface area contributed by atoms with Crippen LogP contribution in [0, 0.1) is 0 Å². The highest BCUT2D eigenvalue weighted by molar-refractivity contribution is 5.98. The number of carbonyl (C=O) groups is 2. The van der Waals surface area contributed by atoms with E-state index in [1.807, 2.05) is 0 Å². The number of piperazine rings is 1. The van der Waals surface area contributed by atoms with Crippen molar-refractivity contribution < 1.29 is 14.0 Å². The van der Waals surface area contributed by atoms with E-state index in [2.05, 4.69) is 11.9 Å². The molecule has 1 aliphatic rings. The molecule has 0 unspecified atom stereocenters. The fraction of sp³-hybridized carbons (Fsp3) is 0.391. The number of unbranched alkanes of at least 4 members (excludes halogenated alkanes) is 2. The SMILES string of the molecule is CCCCCn1c(=O)[nH]c2cc(C(=O)N3CCN(C(=O)c4ccco4)CC3)ccc2c1=O. The third-order valence-electron chi connectivity index (χ3n) is 5.80. The molecule has 1 aliphatic heterocycles. The number of hydrogen-bond acceptors (Lipinski definition) is 5. The second kappa shape index (κ2) is 9.25. The highest BCUT2D eigenvalue weighted by Crippen LogP contribution is 2.15. The van der Waals surface area contributed by atoms with Gasteiger partial charge in [0.25, 0.3) is 17.4 Å². The Kier molecular flexibility index (Phi) is 6.25. The molecule has 3 heterocycles. The molecule has 2 amide bonds. The van der Waals surface area contributed by atoms with Crippen LogP contribution < -0.4 is 11.2 Å².